The van der Waals surface area contributed by atoms with E-state index in [9.17, 15) is 0 Å². The first-order valence-corrected chi connectivity index (χ1v) is 6.36. The second kappa shape index (κ2) is 4.67. The van der Waals surface area contributed by atoms with Gasteiger partial charge in [0.25, 0.3) is 0 Å². The minimum absolute atomic E-state index is 0.118. The molecule has 3 heteroatoms. The van der Waals surface area contributed by atoms with E-state index in [0.717, 1.165) is 6.54 Å². The molecular formula is C11H22N2S. The lowest BCUT2D eigenvalue weighted by Gasteiger charge is -2.30. The van der Waals surface area contributed by atoms with Crippen molar-refractivity contribution in [3.05, 3.63) is 0 Å². The van der Waals surface area contributed by atoms with E-state index < -0.39 is 0 Å². The Bertz CT molecular complexity index is 223. The molecular weight excluding hydrogens is 192 g/mol. The monoisotopic (exact) mass is 214 g/mol. The zero-order chi connectivity index (χ0) is 10.8. The highest BCUT2D eigenvalue weighted by Crippen LogP contribution is 2.34. The van der Waals surface area contributed by atoms with E-state index >= 15 is 0 Å². The number of hydrogen-bond acceptors (Lipinski definition) is 3. The molecule has 0 aromatic rings. The van der Waals surface area contributed by atoms with Crippen molar-refractivity contribution in [2.24, 2.45) is 4.99 Å². The highest BCUT2D eigenvalue weighted by Gasteiger charge is 2.34. The quantitative estimate of drug-likeness (QED) is 0.778. The Balaban J connectivity index is 2.56. The first-order valence-electron chi connectivity index (χ1n) is 5.42. The van der Waals surface area contributed by atoms with E-state index in [4.69, 9.17) is 4.99 Å². The number of aliphatic imine (C=N–C) groups is 1. The van der Waals surface area contributed by atoms with Crippen molar-refractivity contribution in [1.29, 1.82) is 0 Å². The summed E-state index contributed by atoms with van der Waals surface area (Å²) >= 11 is 1.96. The van der Waals surface area contributed by atoms with Gasteiger partial charge in [-0.1, -0.05) is 6.92 Å². The molecule has 0 spiro atoms. The molecule has 1 aliphatic rings. The van der Waals surface area contributed by atoms with E-state index in [0.29, 0.717) is 10.6 Å². The summed E-state index contributed by atoms with van der Waals surface area (Å²) in [4.78, 5) is 4.71. The van der Waals surface area contributed by atoms with E-state index in [1.165, 1.54) is 12.1 Å². The summed E-state index contributed by atoms with van der Waals surface area (Å²) in [5, 5.41) is 4.53. The summed E-state index contributed by atoms with van der Waals surface area (Å²) in [6.07, 6.45) is 1.18. The fourth-order valence-corrected chi connectivity index (χ4v) is 2.77. The molecule has 1 rings (SSSR count). The van der Waals surface area contributed by atoms with Gasteiger partial charge >= 0.3 is 0 Å². The zero-order valence-electron chi connectivity index (χ0n) is 9.92. The van der Waals surface area contributed by atoms with Crippen LogP contribution in [0.5, 0.6) is 0 Å². The third-order valence-corrected chi connectivity index (χ3v) is 4.39. The Kier molecular flexibility index (Phi) is 4.02. The third-order valence-electron chi connectivity index (χ3n) is 2.69. The van der Waals surface area contributed by atoms with E-state index in [-0.39, 0.29) is 5.54 Å². The third kappa shape index (κ3) is 2.74. The van der Waals surface area contributed by atoms with E-state index in [1.54, 1.807) is 0 Å². The van der Waals surface area contributed by atoms with Gasteiger partial charge in [-0.15, -0.1) is 11.8 Å². The maximum atomic E-state index is 4.71. The van der Waals surface area contributed by atoms with Gasteiger partial charge in [0.15, 0.2) is 0 Å². The van der Waals surface area contributed by atoms with Crippen LogP contribution in [0.25, 0.3) is 0 Å². The molecule has 82 valence electrons. The summed E-state index contributed by atoms with van der Waals surface area (Å²) in [6, 6.07) is 0. The molecule has 0 saturated carbocycles. The molecule has 2 unspecified atom stereocenters. The summed E-state index contributed by atoms with van der Waals surface area (Å²) in [5.74, 6) is 0. The van der Waals surface area contributed by atoms with Crippen molar-refractivity contribution >= 4 is 17.5 Å². The van der Waals surface area contributed by atoms with Crippen LogP contribution in [-0.4, -0.2) is 28.4 Å². The Morgan fingerprint density at radius 1 is 1.50 bits per heavy atom. The van der Waals surface area contributed by atoms with Gasteiger partial charge in [-0.25, -0.2) is 0 Å². The lowest BCUT2D eigenvalue weighted by Crippen LogP contribution is -2.47. The van der Waals surface area contributed by atoms with Gasteiger partial charge in [-0.05, 0) is 40.7 Å². The highest BCUT2D eigenvalue weighted by atomic mass is 32.2. The highest BCUT2D eigenvalue weighted by molar-refractivity contribution is 8.01. The molecule has 1 aliphatic heterocycles. The van der Waals surface area contributed by atoms with Gasteiger partial charge < -0.3 is 5.32 Å². The van der Waals surface area contributed by atoms with Gasteiger partial charge in [0.2, 0.25) is 0 Å². The standard InChI is InChI=1S/C11H22N2S/c1-6-7-12-11(4,5)10-13-8(2)9(3)14-10/h9-10,12H,6-7H2,1-5H3. The van der Waals surface area contributed by atoms with E-state index in [2.05, 4.69) is 39.9 Å². The lowest BCUT2D eigenvalue weighted by atomic mass is 10.1. The summed E-state index contributed by atoms with van der Waals surface area (Å²) in [5.41, 5.74) is 1.40. The van der Waals surface area contributed by atoms with Crippen LogP contribution in [-0.2, 0) is 0 Å². The second-order valence-electron chi connectivity index (χ2n) is 4.55. The number of hydrogen-bond donors (Lipinski definition) is 1. The molecule has 0 aromatic carbocycles. The zero-order valence-corrected chi connectivity index (χ0v) is 10.7. The Morgan fingerprint density at radius 2 is 2.14 bits per heavy atom. The second-order valence-corrected chi connectivity index (χ2v) is 5.98. The molecule has 0 aliphatic carbocycles. The van der Waals surface area contributed by atoms with Gasteiger partial charge in [-0.3, -0.25) is 4.99 Å². The van der Waals surface area contributed by atoms with Gasteiger partial charge in [-0.2, -0.15) is 0 Å². The van der Waals surface area contributed by atoms with Gasteiger partial charge in [0, 0.05) is 16.5 Å². The van der Waals surface area contributed by atoms with Crippen LogP contribution in [0.2, 0.25) is 0 Å². The molecule has 0 radical (unpaired) electrons. The van der Waals surface area contributed by atoms with Crippen LogP contribution in [0.4, 0.5) is 0 Å². The van der Waals surface area contributed by atoms with Crippen LogP contribution in [0.15, 0.2) is 4.99 Å². The average Bonchev–Trinajstić information content (AvgIpc) is 2.45. The number of nitrogens with zero attached hydrogens (tertiary/aromatic N) is 1. The Hall–Kier alpha value is -0.0200. The van der Waals surface area contributed by atoms with Crippen molar-refractivity contribution in [3.8, 4) is 0 Å². The fraction of sp³-hybridized carbons (Fsp3) is 0.909. The maximum Gasteiger partial charge on any atom is 0.113 e. The fourth-order valence-electron chi connectivity index (χ4n) is 1.48. The molecule has 0 aromatic heterocycles. The minimum atomic E-state index is 0.118. The van der Waals surface area contributed by atoms with Crippen LogP contribution in [0, 0.1) is 0 Å². The summed E-state index contributed by atoms with van der Waals surface area (Å²) in [7, 11) is 0. The number of thioether (sulfide) groups is 1. The minimum Gasteiger partial charge on any atom is -0.309 e. The predicted octanol–water partition coefficient (Wildman–Crippen LogP) is 2.69. The molecule has 1 N–H and O–H groups in total. The van der Waals surface area contributed by atoms with Crippen molar-refractivity contribution < 1.29 is 0 Å². The van der Waals surface area contributed by atoms with Crippen LogP contribution in [0.3, 0.4) is 0 Å². The molecule has 2 nitrogen and oxygen atoms in total. The Morgan fingerprint density at radius 3 is 2.57 bits per heavy atom. The lowest BCUT2D eigenvalue weighted by molar-refractivity contribution is 0.382. The van der Waals surface area contributed by atoms with Crippen molar-refractivity contribution in [1.82, 2.24) is 5.32 Å². The molecule has 0 bridgehead atoms. The average molecular weight is 214 g/mol. The van der Waals surface area contributed by atoms with Crippen LogP contribution >= 0.6 is 11.8 Å². The molecule has 2 atom stereocenters. The summed E-state index contributed by atoms with van der Waals surface area (Å²) < 4.78 is 0. The number of nitrogens with one attached hydrogen (secondary N) is 1. The van der Waals surface area contributed by atoms with Gasteiger partial charge in [0.05, 0.1) is 0 Å². The van der Waals surface area contributed by atoms with E-state index in [1.807, 2.05) is 11.8 Å². The first kappa shape index (κ1) is 12.1. The molecule has 14 heavy (non-hydrogen) atoms. The predicted molar refractivity (Wildman–Crippen MR) is 66.3 cm³/mol. The van der Waals surface area contributed by atoms with Crippen LogP contribution in [0.1, 0.15) is 41.0 Å². The first-order chi connectivity index (χ1) is 6.47. The smallest absolute Gasteiger partial charge is 0.113 e. The molecule has 1 heterocycles. The van der Waals surface area contributed by atoms with Crippen LogP contribution < -0.4 is 5.32 Å². The van der Waals surface area contributed by atoms with Crippen molar-refractivity contribution in [2.75, 3.05) is 6.54 Å². The normalized spacial score (nSPS) is 27.9. The SMILES string of the molecule is CCCNC(C)(C)C1N=C(C)C(C)S1. The molecule has 0 fully saturated rings. The number of rotatable bonds is 4. The molecule has 0 amide bonds. The molecule has 0 saturated heterocycles. The largest absolute Gasteiger partial charge is 0.309 e. The van der Waals surface area contributed by atoms with Crippen molar-refractivity contribution in [3.63, 3.8) is 0 Å². The summed E-state index contributed by atoms with van der Waals surface area (Å²) in [6.45, 7) is 12.1. The van der Waals surface area contributed by atoms with Gasteiger partial charge in [0.1, 0.15) is 5.37 Å². The Labute approximate surface area is 92.0 Å². The topological polar surface area (TPSA) is 24.4 Å². The maximum absolute atomic E-state index is 4.71. The van der Waals surface area contributed by atoms with Crippen molar-refractivity contribution in [2.45, 2.75) is 57.2 Å².